The van der Waals surface area contributed by atoms with Crippen molar-refractivity contribution in [3.05, 3.63) is 54.1 Å². The van der Waals surface area contributed by atoms with Crippen molar-refractivity contribution in [2.45, 2.75) is 12.8 Å². The van der Waals surface area contributed by atoms with Crippen LogP contribution < -0.4 is 11.1 Å². The molecule has 0 aromatic heterocycles. The molecule has 1 aliphatic heterocycles. The van der Waals surface area contributed by atoms with Crippen molar-refractivity contribution in [2.75, 3.05) is 26.2 Å². The molecular formula is C21H25N3O3. The summed E-state index contributed by atoms with van der Waals surface area (Å²) in [6.45, 7) is 2.82. The molecule has 27 heavy (non-hydrogen) atoms. The summed E-state index contributed by atoms with van der Waals surface area (Å²) in [6, 6.07) is 14.3. The Morgan fingerprint density at radius 1 is 1.15 bits per heavy atom. The summed E-state index contributed by atoms with van der Waals surface area (Å²) in [7, 11) is 0. The molecule has 3 rings (SSSR count). The number of phenols is 1. The van der Waals surface area contributed by atoms with Gasteiger partial charge in [0.25, 0.3) is 5.91 Å². The van der Waals surface area contributed by atoms with Gasteiger partial charge in [0.05, 0.1) is 5.92 Å². The number of nitrogens with zero attached hydrogens (tertiary/aromatic N) is 1. The van der Waals surface area contributed by atoms with Crippen molar-refractivity contribution in [1.82, 2.24) is 10.2 Å². The minimum absolute atomic E-state index is 0.0866. The lowest BCUT2D eigenvalue weighted by atomic mass is 9.97. The predicted molar refractivity (Wildman–Crippen MR) is 104 cm³/mol. The van der Waals surface area contributed by atoms with E-state index < -0.39 is 0 Å². The minimum Gasteiger partial charge on any atom is -0.508 e. The van der Waals surface area contributed by atoms with Gasteiger partial charge >= 0.3 is 0 Å². The Bertz CT molecular complexity index is 805. The van der Waals surface area contributed by atoms with Gasteiger partial charge in [0.2, 0.25) is 5.91 Å². The minimum atomic E-state index is -0.241. The highest BCUT2D eigenvalue weighted by molar-refractivity contribution is 5.95. The van der Waals surface area contributed by atoms with Crippen LogP contribution in [0.15, 0.2) is 48.5 Å². The maximum absolute atomic E-state index is 12.5. The van der Waals surface area contributed by atoms with Gasteiger partial charge in [-0.1, -0.05) is 24.3 Å². The number of piperidine rings is 1. The van der Waals surface area contributed by atoms with E-state index in [-0.39, 0.29) is 23.5 Å². The monoisotopic (exact) mass is 367 g/mol. The van der Waals surface area contributed by atoms with Gasteiger partial charge < -0.3 is 21.1 Å². The number of likely N-dealkylation sites (tertiary alicyclic amines) is 1. The summed E-state index contributed by atoms with van der Waals surface area (Å²) in [5.74, 6) is -0.241. The predicted octanol–water partition coefficient (Wildman–Crippen LogP) is 1.99. The number of phenolic OH excluding ortho intramolecular Hbond substituents is 1. The molecule has 4 N–H and O–H groups in total. The van der Waals surface area contributed by atoms with Gasteiger partial charge in [0.15, 0.2) is 0 Å². The molecule has 0 spiro atoms. The van der Waals surface area contributed by atoms with Gasteiger partial charge in [0.1, 0.15) is 5.75 Å². The number of hydrogen-bond acceptors (Lipinski definition) is 4. The normalized spacial score (nSPS) is 17.4. The van der Waals surface area contributed by atoms with Gasteiger partial charge in [-0.2, -0.15) is 0 Å². The second kappa shape index (κ2) is 8.68. The van der Waals surface area contributed by atoms with Crippen molar-refractivity contribution >= 4 is 11.8 Å². The van der Waals surface area contributed by atoms with Crippen LogP contribution in [0, 0.1) is 5.92 Å². The molecule has 0 unspecified atom stereocenters. The third-order valence-electron chi connectivity index (χ3n) is 4.95. The summed E-state index contributed by atoms with van der Waals surface area (Å²) in [5, 5.41) is 12.3. The number of aromatic hydroxyl groups is 1. The highest BCUT2D eigenvalue weighted by Gasteiger charge is 2.23. The van der Waals surface area contributed by atoms with Crippen LogP contribution in [0.5, 0.6) is 5.75 Å². The van der Waals surface area contributed by atoms with Crippen molar-refractivity contribution in [2.24, 2.45) is 11.7 Å². The molecule has 1 saturated heterocycles. The van der Waals surface area contributed by atoms with Crippen LogP contribution in [0.4, 0.5) is 0 Å². The first-order valence-corrected chi connectivity index (χ1v) is 9.22. The second-order valence-electron chi connectivity index (χ2n) is 6.93. The standard InChI is InChI=1S/C21H25N3O3/c22-20(26)18-5-2-11-24(14-18)12-10-23-21(27)17-4-1-3-16(13-17)15-6-8-19(25)9-7-15/h1,3-4,6-9,13,18,25H,2,5,10-12,14H2,(H2,22,26)(H,23,27)/t18-/m1/s1. The third-order valence-corrected chi connectivity index (χ3v) is 4.95. The van der Waals surface area contributed by atoms with E-state index in [0.717, 1.165) is 30.5 Å². The lowest BCUT2D eigenvalue weighted by Gasteiger charge is -2.31. The smallest absolute Gasteiger partial charge is 0.251 e. The van der Waals surface area contributed by atoms with E-state index in [0.29, 0.717) is 25.2 Å². The van der Waals surface area contributed by atoms with Crippen LogP contribution in [-0.2, 0) is 4.79 Å². The molecule has 2 aromatic carbocycles. The van der Waals surface area contributed by atoms with Crippen molar-refractivity contribution in [3.63, 3.8) is 0 Å². The lowest BCUT2D eigenvalue weighted by molar-refractivity contribution is -0.123. The van der Waals surface area contributed by atoms with E-state index in [1.54, 1.807) is 18.2 Å². The Hall–Kier alpha value is -2.86. The molecule has 0 bridgehead atoms. The van der Waals surface area contributed by atoms with Gasteiger partial charge in [-0.25, -0.2) is 0 Å². The Labute approximate surface area is 159 Å². The first-order valence-electron chi connectivity index (χ1n) is 9.22. The number of benzene rings is 2. The molecule has 1 fully saturated rings. The SMILES string of the molecule is NC(=O)[C@@H]1CCCN(CCNC(=O)c2cccc(-c3ccc(O)cc3)c2)C1. The lowest BCUT2D eigenvalue weighted by Crippen LogP contribution is -2.44. The summed E-state index contributed by atoms with van der Waals surface area (Å²) >= 11 is 0. The summed E-state index contributed by atoms with van der Waals surface area (Å²) in [6.07, 6.45) is 1.80. The number of nitrogens with two attached hydrogens (primary N) is 1. The number of primary amides is 1. The van der Waals surface area contributed by atoms with Crippen LogP contribution in [0.2, 0.25) is 0 Å². The van der Waals surface area contributed by atoms with E-state index in [2.05, 4.69) is 10.2 Å². The molecule has 0 aliphatic carbocycles. The molecule has 1 aliphatic rings. The Morgan fingerprint density at radius 3 is 2.67 bits per heavy atom. The fourth-order valence-electron chi connectivity index (χ4n) is 3.41. The van der Waals surface area contributed by atoms with Crippen molar-refractivity contribution in [3.8, 4) is 16.9 Å². The van der Waals surface area contributed by atoms with Gasteiger partial charge in [-0.15, -0.1) is 0 Å². The zero-order chi connectivity index (χ0) is 19.2. The average Bonchev–Trinajstić information content (AvgIpc) is 2.69. The average molecular weight is 367 g/mol. The number of hydrogen-bond donors (Lipinski definition) is 3. The van der Waals surface area contributed by atoms with Crippen molar-refractivity contribution in [1.29, 1.82) is 0 Å². The maximum atomic E-state index is 12.5. The number of nitrogens with one attached hydrogen (secondary N) is 1. The summed E-state index contributed by atoms with van der Waals surface area (Å²) < 4.78 is 0. The summed E-state index contributed by atoms with van der Waals surface area (Å²) in [4.78, 5) is 26.0. The Kier molecular flexibility index (Phi) is 6.08. The quantitative estimate of drug-likeness (QED) is 0.727. The van der Waals surface area contributed by atoms with E-state index in [9.17, 15) is 14.7 Å². The molecule has 0 radical (unpaired) electrons. The van der Waals surface area contributed by atoms with Crippen LogP contribution in [-0.4, -0.2) is 48.0 Å². The molecule has 1 atom stereocenters. The van der Waals surface area contributed by atoms with E-state index >= 15 is 0 Å². The first-order chi connectivity index (χ1) is 13.0. The summed E-state index contributed by atoms with van der Waals surface area (Å²) in [5.41, 5.74) is 7.85. The molecule has 6 heteroatoms. The third kappa shape index (κ3) is 5.08. The fraction of sp³-hybridized carbons (Fsp3) is 0.333. The van der Waals surface area contributed by atoms with Gasteiger partial charge in [-0.3, -0.25) is 9.59 Å². The molecule has 1 heterocycles. The highest BCUT2D eigenvalue weighted by atomic mass is 16.3. The highest BCUT2D eigenvalue weighted by Crippen LogP contribution is 2.22. The number of carbonyl (C=O) groups excluding carboxylic acids is 2. The number of rotatable bonds is 6. The van der Waals surface area contributed by atoms with Crippen LogP contribution in [0.25, 0.3) is 11.1 Å². The van der Waals surface area contributed by atoms with Gasteiger partial charge in [-0.05, 0) is 54.8 Å². The molecule has 2 amide bonds. The zero-order valence-corrected chi connectivity index (χ0v) is 15.2. The zero-order valence-electron chi connectivity index (χ0n) is 15.2. The molecule has 2 aromatic rings. The number of amides is 2. The van der Waals surface area contributed by atoms with E-state index in [1.165, 1.54) is 0 Å². The van der Waals surface area contributed by atoms with Crippen LogP contribution in [0.1, 0.15) is 23.2 Å². The Morgan fingerprint density at radius 2 is 1.93 bits per heavy atom. The second-order valence-corrected chi connectivity index (χ2v) is 6.93. The van der Waals surface area contributed by atoms with Crippen LogP contribution >= 0.6 is 0 Å². The van der Waals surface area contributed by atoms with E-state index in [4.69, 9.17) is 5.73 Å². The van der Waals surface area contributed by atoms with Crippen LogP contribution in [0.3, 0.4) is 0 Å². The number of carbonyl (C=O) groups is 2. The topological polar surface area (TPSA) is 95.7 Å². The fourth-order valence-corrected chi connectivity index (χ4v) is 3.41. The molecular weight excluding hydrogens is 342 g/mol. The molecule has 142 valence electrons. The van der Waals surface area contributed by atoms with E-state index in [1.807, 2.05) is 30.3 Å². The van der Waals surface area contributed by atoms with Crippen molar-refractivity contribution < 1.29 is 14.7 Å². The largest absolute Gasteiger partial charge is 0.508 e. The first kappa shape index (κ1) is 18.9. The maximum Gasteiger partial charge on any atom is 0.251 e. The molecule has 6 nitrogen and oxygen atoms in total. The molecule has 0 saturated carbocycles. The van der Waals surface area contributed by atoms with Gasteiger partial charge in [0, 0.05) is 25.2 Å². The Balaban J connectivity index is 1.54.